The lowest BCUT2D eigenvalue weighted by Crippen LogP contribution is -2.41. The van der Waals surface area contributed by atoms with Gasteiger partial charge in [-0.2, -0.15) is 0 Å². The van der Waals surface area contributed by atoms with Crippen molar-refractivity contribution < 1.29 is 19.7 Å². The summed E-state index contributed by atoms with van der Waals surface area (Å²) in [7, 11) is 0. The van der Waals surface area contributed by atoms with Gasteiger partial charge in [0, 0.05) is 13.1 Å². The van der Waals surface area contributed by atoms with E-state index >= 15 is 0 Å². The SMILES string of the molecule is C[C@@H](O)CN(CCO)C(=O)OC(C)(C)C. The Morgan fingerprint density at radius 2 is 2.00 bits per heavy atom. The number of carbonyl (C=O) groups is 1. The van der Waals surface area contributed by atoms with Crippen LogP contribution in [0, 0.1) is 0 Å². The molecule has 0 aliphatic heterocycles. The lowest BCUT2D eigenvalue weighted by atomic mass is 10.2. The number of aliphatic hydroxyl groups is 2. The number of carbonyl (C=O) groups excluding carboxylic acids is 1. The third-order valence-corrected chi connectivity index (χ3v) is 1.51. The van der Waals surface area contributed by atoms with E-state index in [0.717, 1.165) is 0 Å². The number of aliphatic hydroxyl groups excluding tert-OH is 2. The van der Waals surface area contributed by atoms with Crippen molar-refractivity contribution in [2.24, 2.45) is 0 Å². The predicted molar refractivity (Wildman–Crippen MR) is 56.6 cm³/mol. The predicted octanol–water partition coefficient (Wildman–Crippen LogP) is 0.597. The highest BCUT2D eigenvalue weighted by Gasteiger charge is 2.22. The van der Waals surface area contributed by atoms with Gasteiger partial charge in [0.15, 0.2) is 0 Å². The summed E-state index contributed by atoms with van der Waals surface area (Å²) in [5.41, 5.74) is -0.566. The van der Waals surface area contributed by atoms with Gasteiger partial charge in [0.25, 0.3) is 0 Å². The van der Waals surface area contributed by atoms with Gasteiger partial charge in [-0.05, 0) is 27.7 Å². The molecule has 0 spiro atoms. The molecule has 15 heavy (non-hydrogen) atoms. The fourth-order valence-electron chi connectivity index (χ4n) is 1.02. The fourth-order valence-corrected chi connectivity index (χ4v) is 1.02. The van der Waals surface area contributed by atoms with Crippen molar-refractivity contribution in [3.05, 3.63) is 0 Å². The van der Waals surface area contributed by atoms with E-state index in [1.54, 1.807) is 27.7 Å². The zero-order valence-corrected chi connectivity index (χ0v) is 9.86. The first-order valence-corrected chi connectivity index (χ1v) is 5.03. The van der Waals surface area contributed by atoms with Gasteiger partial charge in [-0.3, -0.25) is 0 Å². The lowest BCUT2D eigenvalue weighted by Gasteiger charge is -2.27. The van der Waals surface area contributed by atoms with Crippen LogP contribution in [-0.4, -0.2) is 52.6 Å². The molecule has 1 amide bonds. The molecule has 0 fully saturated rings. The molecule has 5 heteroatoms. The number of amides is 1. The van der Waals surface area contributed by atoms with E-state index in [4.69, 9.17) is 14.9 Å². The van der Waals surface area contributed by atoms with E-state index in [2.05, 4.69) is 0 Å². The first-order valence-electron chi connectivity index (χ1n) is 5.03. The summed E-state index contributed by atoms with van der Waals surface area (Å²) < 4.78 is 5.12. The molecule has 0 aliphatic carbocycles. The van der Waals surface area contributed by atoms with E-state index in [9.17, 15) is 4.79 Å². The van der Waals surface area contributed by atoms with Gasteiger partial charge in [0.1, 0.15) is 5.60 Å². The summed E-state index contributed by atoms with van der Waals surface area (Å²) >= 11 is 0. The zero-order chi connectivity index (χ0) is 12.1. The number of nitrogens with zero attached hydrogens (tertiary/aromatic N) is 1. The largest absolute Gasteiger partial charge is 0.444 e. The normalized spacial score (nSPS) is 13.5. The number of ether oxygens (including phenoxy) is 1. The Kier molecular flexibility index (Phi) is 5.60. The van der Waals surface area contributed by atoms with Gasteiger partial charge in [0.05, 0.1) is 12.7 Å². The third-order valence-electron chi connectivity index (χ3n) is 1.51. The molecule has 0 saturated carbocycles. The Balaban J connectivity index is 4.28. The molecule has 0 unspecified atom stereocenters. The van der Waals surface area contributed by atoms with Crippen LogP contribution in [0.2, 0.25) is 0 Å². The Morgan fingerprint density at radius 3 is 2.33 bits per heavy atom. The molecule has 0 aromatic carbocycles. The second-order valence-corrected chi connectivity index (χ2v) is 4.50. The quantitative estimate of drug-likeness (QED) is 0.726. The first kappa shape index (κ1) is 14.2. The van der Waals surface area contributed by atoms with Crippen molar-refractivity contribution >= 4 is 6.09 Å². The molecule has 0 aromatic rings. The maximum absolute atomic E-state index is 11.6. The highest BCUT2D eigenvalue weighted by atomic mass is 16.6. The van der Waals surface area contributed by atoms with Crippen LogP contribution in [0.3, 0.4) is 0 Å². The van der Waals surface area contributed by atoms with Crippen LogP contribution in [0.4, 0.5) is 4.79 Å². The molecular weight excluding hydrogens is 198 g/mol. The number of hydrogen-bond acceptors (Lipinski definition) is 4. The summed E-state index contributed by atoms with van der Waals surface area (Å²) in [6, 6.07) is 0. The summed E-state index contributed by atoms with van der Waals surface area (Å²) in [5, 5.41) is 17.9. The number of rotatable bonds is 4. The van der Waals surface area contributed by atoms with Gasteiger partial charge in [0.2, 0.25) is 0 Å². The van der Waals surface area contributed by atoms with E-state index in [1.165, 1.54) is 4.90 Å². The molecule has 0 heterocycles. The van der Waals surface area contributed by atoms with Crippen molar-refractivity contribution in [2.75, 3.05) is 19.7 Å². The maximum Gasteiger partial charge on any atom is 0.410 e. The van der Waals surface area contributed by atoms with Crippen LogP contribution in [-0.2, 0) is 4.74 Å². The van der Waals surface area contributed by atoms with Crippen molar-refractivity contribution in [3.63, 3.8) is 0 Å². The molecule has 0 radical (unpaired) electrons. The minimum absolute atomic E-state index is 0.147. The van der Waals surface area contributed by atoms with Crippen molar-refractivity contribution in [1.82, 2.24) is 4.90 Å². The van der Waals surface area contributed by atoms with Crippen molar-refractivity contribution in [1.29, 1.82) is 0 Å². The smallest absolute Gasteiger partial charge is 0.410 e. The molecule has 0 saturated heterocycles. The summed E-state index contributed by atoms with van der Waals surface area (Å²) in [6.45, 7) is 7.06. The molecule has 0 bridgehead atoms. The molecule has 5 nitrogen and oxygen atoms in total. The molecule has 0 aliphatic rings. The van der Waals surface area contributed by atoms with Crippen LogP contribution in [0.15, 0.2) is 0 Å². The zero-order valence-electron chi connectivity index (χ0n) is 9.86. The Labute approximate surface area is 90.6 Å². The van der Waals surface area contributed by atoms with Crippen LogP contribution in [0.25, 0.3) is 0 Å². The van der Waals surface area contributed by atoms with Crippen molar-refractivity contribution in [2.45, 2.75) is 39.4 Å². The average Bonchev–Trinajstić information content (AvgIpc) is 1.99. The molecule has 90 valence electrons. The maximum atomic E-state index is 11.6. The Morgan fingerprint density at radius 1 is 1.47 bits per heavy atom. The van der Waals surface area contributed by atoms with Crippen LogP contribution < -0.4 is 0 Å². The van der Waals surface area contributed by atoms with Crippen LogP contribution in [0.1, 0.15) is 27.7 Å². The van der Waals surface area contributed by atoms with E-state index < -0.39 is 17.8 Å². The lowest BCUT2D eigenvalue weighted by molar-refractivity contribution is 0.0127. The minimum Gasteiger partial charge on any atom is -0.444 e. The Bertz CT molecular complexity index is 198. The number of hydrogen-bond donors (Lipinski definition) is 2. The molecule has 1 atom stereocenters. The van der Waals surface area contributed by atoms with Gasteiger partial charge in [-0.1, -0.05) is 0 Å². The Hall–Kier alpha value is -0.810. The highest BCUT2D eigenvalue weighted by molar-refractivity contribution is 5.68. The van der Waals surface area contributed by atoms with E-state index in [0.29, 0.717) is 0 Å². The summed E-state index contributed by atoms with van der Waals surface area (Å²) in [5.74, 6) is 0. The van der Waals surface area contributed by atoms with E-state index in [-0.39, 0.29) is 19.7 Å². The molecule has 2 N–H and O–H groups in total. The van der Waals surface area contributed by atoms with E-state index in [1.807, 2.05) is 0 Å². The second-order valence-electron chi connectivity index (χ2n) is 4.50. The van der Waals surface area contributed by atoms with Gasteiger partial charge in [-0.15, -0.1) is 0 Å². The topological polar surface area (TPSA) is 70.0 Å². The average molecular weight is 219 g/mol. The molecule has 0 rings (SSSR count). The summed E-state index contributed by atoms with van der Waals surface area (Å²) in [6.07, 6.45) is -1.15. The second kappa shape index (κ2) is 5.92. The van der Waals surface area contributed by atoms with Gasteiger partial charge in [-0.25, -0.2) is 4.79 Å². The van der Waals surface area contributed by atoms with Gasteiger partial charge < -0.3 is 19.8 Å². The van der Waals surface area contributed by atoms with Crippen LogP contribution >= 0.6 is 0 Å². The van der Waals surface area contributed by atoms with Gasteiger partial charge >= 0.3 is 6.09 Å². The fraction of sp³-hybridized carbons (Fsp3) is 0.900. The monoisotopic (exact) mass is 219 g/mol. The standard InChI is InChI=1S/C10H21NO4/c1-8(13)7-11(5-6-12)9(14)15-10(2,3)4/h8,12-13H,5-7H2,1-4H3/t8-/m1/s1. The molecular formula is C10H21NO4. The van der Waals surface area contributed by atoms with Crippen molar-refractivity contribution in [3.8, 4) is 0 Å². The third kappa shape index (κ3) is 7.16. The highest BCUT2D eigenvalue weighted by Crippen LogP contribution is 2.10. The summed E-state index contributed by atoms with van der Waals surface area (Å²) in [4.78, 5) is 12.9. The minimum atomic E-state index is -0.635. The first-order chi connectivity index (χ1) is 6.76. The molecule has 0 aromatic heterocycles. The van der Waals surface area contributed by atoms with Crippen LogP contribution in [0.5, 0.6) is 0 Å².